The molecule has 3 nitrogen and oxygen atoms in total. The second-order valence-electron chi connectivity index (χ2n) is 2.28. The fourth-order valence-electron chi connectivity index (χ4n) is 0.870. The minimum absolute atomic E-state index is 0.172. The monoisotopic (exact) mass is 228 g/mol. The molecule has 0 unspecified atom stereocenters. The molecule has 1 aromatic rings. The lowest BCUT2D eigenvalue weighted by Gasteiger charge is -2.04. The minimum Gasteiger partial charge on any atom is -0.397 e. The van der Waals surface area contributed by atoms with Gasteiger partial charge in [-0.1, -0.05) is 6.07 Å². The highest BCUT2D eigenvalue weighted by Gasteiger charge is 2.08. The van der Waals surface area contributed by atoms with Crippen LogP contribution in [0.5, 0.6) is 0 Å². The van der Waals surface area contributed by atoms with Crippen LogP contribution in [0.4, 0.5) is 5.69 Å². The van der Waals surface area contributed by atoms with Crippen LogP contribution in [0.25, 0.3) is 0 Å². The van der Waals surface area contributed by atoms with Crippen LogP contribution in [0.2, 0.25) is 0 Å². The summed E-state index contributed by atoms with van der Waals surface area (Å²) in [5.41, 5.74) is 6.61. The number of halogens is 1. The zero-order chi connectivity index (χ0) is 9.14. The summed E-state index contributed by atoms with van der Waals surface area (Å²) in [6.07, 6.45) is 0. The Hall–Kier alpha value is -1.03. The lowest BCUT2D eigenvalue weighted by Crippen LogP contribution is -2.19. The molecule has 1 aromatic carbocycles. The van der Waals surface area contributed by atoms with Crippen LogP contribution in [0.3, 0.4) is 0 Å². The first-order valence-corrected chi connectivity index (χ1v) is 4.22. The highest BCUT2D eigenvalue weighted by atomic mass is 79.9. The number of hydrogen-bond acceptors (Lipinski definition) is 2. The standard InChI is InChI=1S/C8H9BrN2O/c1-11-8(12)5-3-2-4-6(9)7(5)10/h2-4H,10H2,1H3,(H,11,12). The van der Waals surface area contributed by atoms with Crippen LogP contribution in [0.1, 0.15) is 10.4 Å². The van der Waals surface area contributed by atoms with E-state index in [0.29, 0.717) is 11.3 Å². The zero-order valence-corrected chi connectivity index (χ0v) is 8.18. The minimum atomic E-state index is -0.172. The van der Waals surface area contributed by atoms with Crippen LogP contribution in [0.15, 0.2) is 22.7 Å². The molecule has 4 heteroatoms. The van der Waals surface area contributed by atoms with E-state index < -0.39 is 0 Å². The van der Waals surface area contributed by atoms with Gasteiger partial charge in [0.05, 0.1) is 11.3 Å². The molecule has 1 amide bonds. The lowest BCUT2D eigenvalue weighted by molar-refractivity contribution is 0.0964. The zero-order valence-electron chi connectivity index (χ0n) is 6.60. The molecule has 0 aliphatic heterocycles. The van der Waals surface area contributed by atoms with E-state index in [-0.39, 0.29) is 5.91 Å². The van der Waals surface area contributed by atoms with Gasteiger partial charge in [0.15, 0.2) is 0 Å². The van der Waals surface area contributed by atoms with Crippen molar-refractivity contribution in [1.29, 1.82) is 0 Å². The number of rotatable bonds is 1. The first-order chi connectivity index (χ1) is 5.66. The van der Waals surface area contributed by atoms with E-state index in [9.17, 15) is 4.79 Å². The topological polar surface area (TPSA) is 55.1 Å². The Labute approximate surface area is 79.1 Å². The summed E-state index contributed by atoms with van der Waals surface area (Å²) >= 11 is 3.24. The van der Waals surface area contributed by atoms with Gasteiger partial charge in [0.2, 0.25) is 0 Å². The largest absolute Gasteiger partial charge is 0.397 e. The highest BCUT2D eigenvalue weighted by Crippen LogP contribution is 2.22. The van der Waals surface area contributed by atoms with Crippen molar-refractivity contribution in [2.75, 3.05) is 12.8 Å². The van der Waals surface area contributed by atoms with Gasteiger partial charge >= 0.3 is 0 Å². The fourth-order valence-corrected chi connectivity index (χ4v) is 1.24. The Bertz CT molecular complexity index is 312. The van der Waals surface area contributed by atoms with Crippen molar-refractivity contribution in [3.63, 3.8) is 0 Å². The van der Waals surface area contributed by atoms with E-state index >= 15 is 0 Å². The molecule has 64 valence electrons. The molecular formula is C8H9BrN2O. The number of nitrogens with one attached hydrogen (secondary N) is 1. The molecule has 0 bridgehead atoms. The lowest BCUT2D eigenvalue weighted by atomic mass is 10.2. The van der Waals surface area contributed by atoms with Crippen LogP contribution >= 0.6 is 15.9 Å². The van der Waals surface area contributed by atoms with E-state index in [1.165, 1.54) is 0 Å². The molecule has 0 aliphatic rings. The van der Waals surface area contributed by atoms with E-state index in [1.807, 2.05) is 0 Å². The Balaban J connectivity index is 3.16. The van der Waals surface area contributed by atoms with Crippen LogP contribution < -0.4 is 11.1 Å². The Morgan fingerprint density at radius 1 is 1.58 bits per heavy atom. The Kier molecular flexibility index (Phi) is 2.70. The molecule has 0 saturated heterocycles. The van der Waals surface area contributed by atoms with Gasteiger partial charge in [0, 0.05) is 11.5 Å². The summed E-state index contributed by atoms with van der Waals surface area (Å²) < 4.78 is 0.739. The van der Waals surface area contributed by atoms with Crippen LogP contribution in [-0.4, -0.2) is 13.0 Å². The summed E-state index contributed by atoms with van der Waals surface area (Å²) in [6.45, 7) is 0. The van der Waals surface area contributed by atoms with Gasteiger partial charge in [-0.25, -0.2) is 0 Å². The molecule has 0 radical (unpaired) electrons. The number of hydrogen-bond donors (Lipinski definition) is 2. The summed E-state index contributed by atoms with van der Waals surface area (Å²) in [4.78, 5) is 11.2. The van der Waals surface area contributed by atoms with E-state index in [1.54, 1.807) is 25.2 Å². The summed E-state index contributed by atoms with van der Waals surface area (Å²) in [5.74, 6) is -0.172. The van der Waals surface area contributed by atoms with Crippen molar-refractivity contribution >= 4 is 27.5 Å². The maximum atomic E-state index is 11.2. The molecule has 12 heavy (non-hydrogen) atoms. The quantitative estimate of drug-likeness (QED) is 0.715. The smallest absolute Gasteiger partial charge is 0.253 e. The SMILES string of the molecule is CNC(=O)c1cccc(Br)c1N. The number of nitrogens with two attached hydrogens (primary N) is 1. The first-order valence-electron chi connectivity index (χ1n) is 3.43. The third-order valence-electron chi connectivity index (χ3n) is 1.52. The van der Waals surface area contributed by atoms with Crippen molar-refractivity contribution < 1.29 is 4.79 Å². The predicted molar refractivity (Wildman–Crippen MR) is 51.9 cm³/mol. The molecule has 0 spiro atoms. The van der Waals surface area contributed by atoms with Crippen molar-refractivity contribution in [2.24, 2.45) is 0 Å². The van der Waals surface area contributed by atoms with Crippen molar-refractivity contribution in [2.45, 2.75) is 0 Å². The van der Waals surface area contributed by atoms with Gasteiger partial charge in [0.1, 0.15) is 0 Å². The van der Waals surface area contributed by atoms with E-state index in [2.05, 4.69) is 21.2 Å². The summed E-state index contributed by atoms with van der Waals surface area (Å²) in [7, 11) is 1.57. The van der Waals surface area contributed by atoms with Crippen LogP contribution in [-0.2, 0) is 0 Å². The Morgan fingerprint density at radius 2 is 2.25 bits per heavy atom. The first kappa shape index (κ1) is 9.06. The Morgan fingerprint density at radius 3 is 2.83 bits per heavy atom. The number of amides is 1. The molecule has 0 atom stereocenters. The molecule has 0 aromatic heterocycles. The van der Waals surface area contributed by atoms with Crippen LogP contribution in [0, 0.1) is 0 Å². The van der Waals surface area contributed by atoms with Crippen molar-refractivity contribution in [3.8, 4) is 0 Å². The molecule has 0 fully saturated rings. The maximum Gasteiger partial charge on any atom is 0.253 e. The molecule has 0 saturated carbocycles. The van der Waals surface area contributed by atoms with Gasteiger partial charge in [-0.05, 0) is 28.1 Å². The molecule has 3 N–H and O–H groups in total. The van der Waals surface area contributed by atoms with Crippen molar-refractivity contribution in [3.05, 3.63) is 28.2 Å². The summed E-state index contributed by atoms with van der Waals surface area (Å²) in [6, 6.07) is 5.24. The fraction of sp³-hybridized carbons (Fsp3) is 0.125. The average molecular weight is 229 g/mol. The van der Waals surface area contributed by atoms with Gasteiger partial charge in [-0.3, -0.25) is 4.79 Å². The van der Waals surface area contributed by atoms with Gasteiger partial charge in [-0.15, -0.1) is 0 Å². The third-order valence-corrected chi connectivity index (χ3v) is 2.22. The normalized spacial score (nSPS) is 9.50. The molecular weight excluding hydrogens is 220 g/mol. The third kappa shape index (κ3) is 1.58. The number of nitrogen functional groups attached to an aromatic ring is 1. The van der Waals surface area contributed by atoms with Gasteiger partial charge in [-0.2, -0.15) is 0 Å². The number of benzene rings is 1. The average Bonchev–Trinajstić information content (AvgIpc) is 2.08. The second-order valence-corrected chi connectivity index (χ2v) is 3.13. The number of anilines is 1. The summed E-state index contributed by atoms with van der Waals surface area (Å²) in [5, 5.41) is 2.51. The van der Waals surface area contributed by atoms with Crippen molar-refractivity contribution in [1.82, 2.24) is 5.32 Å². The molecule has 1 rings (SSSR count). The molecule has 0 aliphatic carbocycles. The van der Waals surface area contributed by atoms with Gasteiger partial charge < -0.3 is 11.1 Å². The highest BCUT2D eigenvalue weighted by molar-refractivity contribution is 9.10. The number of carbonyl (C=O) groups is 1. The van der Waals surface area contributed by atoms with E-state index in [4.69, 9.17) is 5.73 Å². The molecule has 0 heterocycles. The van der Waals surface area contributed by atoms with Gasteiger partial charge in [0.25, 0.3) is 5.91 Å². The second kappa shape index (κ2) is 3.58. The maximum absolute atomic E-state index is 11.2. The number of carbonyl (C=O) groups excluding carboxylic acids is 1. The number of para-hydroxylation sites is 1. The van der Waals surface area contributed by atoms with E-state index in [0.717, 1.165) is 4.47 Å². The predicted octanol–water partition coefficient (Wildman–Crippen LogP) is 1.39.